The summed E-state index contributed by atoms with van der Waals surface area (Å²) in [5.41, 5.74) is 17.1. The quantitative estimate of drug-likeness (QED) is 0.178. The Balaban J connectivity index is 1.06. The average Bonchev–Trinajstić information content (AvgIpc) is 3.57. The summed E-state index contributed by atoms with van der Waals surface area (Å²) in [6.45, 7) is 4.72. The van der Waals surface area contributed by atoms with E-state index in [1.807, 2.05) is 0 Å². The van der Waals surface area contributed by atoms with Crippen LogP contribution in [0, 0.1) is 0 Å². The first-order valence-electron chi connectivity index (χ1n) is 18.9. The van der Waals surface area contributed by atoms with Gasteiger partial charge in [0.2, 0.25) is 0 Å². The third-order valence-electron chi connectivity index (χ3n) is 12.2. The van der Waals surface area contributed by atoms with Gasteiger partial charge in [-0.1, -0.05) is 166 Å². The molecule has 54 heavy (non-hydrogen) atoms. The maximum absolute atomic E-state index is 2.49. The Morgan fingerprint density at radius 3 is 1.54 bits per heavy atom. The summed E-state index contributed by atoms with van der Waals surface area (Å²) in [5, 5.41) is 2.60. The topological polar surface area (TPSA) is 8.17 Å². The Hall–Kier alpha value is -6.64. The zero-order valence-corrected chi connectivity index (χ0v) is 30.4. The van der Waals surface area contributed by atoms with Crippen LogP contribution in [0.1, 0.15) is 47.2 Å². The van der Waals surface area contributed by atoms with Crippen molar-refractivity contribution in [2.45, 2.75) is 24.7 Å². The molecule has 0 fully saturated rings. The molecule has 0 saturated heterocycles. The van der Waals surface area contributed by atoms with Gasteiger partial charge in [0.1, 0.15) is 0 Å². The fourth-order valence-electron chi connectivity index (χ4n) is 9.84. The van der Waals surface area contributed by atoms with Crippen LogP contribution in [0.5, 0.6) is 0 Å². The molecule has 256 valence electrons. The van der Waals surface area contributed by atoms with E-state index in [1.54, 1.807) is 0 Å². The second-order valence-electron chi connectivity index (χ2n) is 15.3. The number of aromatic nitrogens is 1. The fourth-order valence-corrected chi connectivity index (χ4v) is 9.84. The van der Waals surface area contributed by atoms with Gasteiger partial charge >= 0.3 is 0 Å². The van der Waals surface area contributed by atoms with Crippen molar-refractivity contribution in [2.75, 3.05) is 4.90 Å². The molecule has 0 atom stereocenters. The molecule has 3 heterocycles. The smallest absolute Gasteiger partial charge is 0.0742 e. The van der Waals surface area contributed by atoms with E-state index in [4.69, 9.17) is 0 Å². The van der Waals surface area contributed by atoms with Crippen LogP contribution in [0.15, 0.2) is 194 Å². The third kappa shape index (κ3) is 4.11. The van der Waals surface area contributed by atoms with Gasteiger partial charge in [-0.3, -0.25) is 0 Å². The molecule has 0 radical (unpaired) electrons. The maximum atomic E-state index is 2.49. The molecular weight excluding hydrogens is 653 g/mol. The minimum atomic E-state index is -0.474. The molecule has 8 aromatic carbocycles. The molecule has 0 spiro atoms. The lowest BCUT2D eigenvalue weighted by molar-refractivity contribution is 0.630. The van der Waals surface area contributed by atoms with E-state index in [-0.39, 0.29) is 5.41 Å². The van der Waals surface area contributed by atoms with Crippen LogP contribution >= 0.6 is 0 Å². The molecule has 0 aliphatic carbocycles. The van der Waals surface area contributed by atoms with E-state index in [9.17, 15) is 0 Å². The summed E-state index contributed by atoms with van der Waals surface area (Å²) < 4.78 is 2.49. The Kier molecular flexibility index (Phi) is 6.55. The Morgan fingerprint density at radius 1 is 0.389 bits per heavy atom. The molecule has 0 bridgehead atoms. The van der Waals surface area contributed by atoms with Crippen molar-refractivity contribution in [2.24, 2.45) is 0 Å². The van der Waals surface area contributed by atoms with E-state index in [2.05, 4.69) is 217 Å². The van der Waals surface area contributed by atoms with Crippen LogP contribution in [0.2, 0.25) is 0 Å². The van der Waals surface area contributed by atoms with E-state index in [1.165, 1.54) is 83.4 Å². The Labute approximate surface area is 316 Å². The summed E-state index contributed by atoms with van der Waals surface area (Å²) in [7, 11) is 0. The van der Waals surface area contributed by atoms with Gasteiger partial charge in [-0.15, -0.1) is 0 Å². The monoisotopic (exact) mass is 690 g/mol. The van der Waals surface area contributed by atoms with Gasteiger partial charge in [0.15, 0.2) is 0 Å². The number of fused-ring (bicyclic) bond motifs is 7. The molecule has 9 aromatic rings. The molecule has 0 amide bonds. The van der Waals surface area contributed by atoms with E-state index in [0.29, 0.717) is 0 Å². The lowest BCUT2D eigenvalue weighted by atomic mass is 9.62. The number of para-hydroxylation sites is 4. The van der Waals surface area contributed by atoms with Gasteiger partial charge in [0.05, 0.1) is 33.5 Å². The second-order valence-corrected chi connectivity index (χ2v) is 15.3. The van der Waals surface area contributed by atoms with Crippen LogP contribution in [0.4, 0.5) is 17.1 Å². The van der Waals surface area contributed by atoms with Gasteiger partial charge < -0.3 is 9.47 Å². The average molecular weight is 691 g/mol. The number of benzene rings is 8. The van der Waals surface area contributed by atoms with Crippen LogP contribution in [0.3, 0.4) is 0 Å². The first-order chi connectivity index (χ1) is 26.6. The van der Waals surface area contributed by atoms with Crippen LogP contribution in [0.25, 0.3) is 38.6 Å². The van der Waals surface area contributed by atoms with E-state index in [0.717, 1.165) is 5.69 Å². The van der Waals surface area contributed by atoms with Gasteiger partial charge in [-0.25, -0.2) is 0 Å². The number of rotatable bonds is 4. The molecule has 2 aliphatic heterocycles. The minimum Gasteiger partial charge on any atom is -0.310 e. The van der Waals surface area contributed by atoms with Crippen LogP contribution in [-0.4, -0.2) is 4.57 Å². The van der Waals surface area contributed by atoms with Crippen molar-refractivity contribution >= 4 is 38.9 Å². The van der Waals surface area contributed by atoms with Crippen molar-refractivity contribution in [1.82, 2.24) is 4.57 Å². The van der Waals surface area contributed by atoms with Gasteiger partial charge in [0.25, 0.3) is 0 Å². The highest BCUT2D eigenvalue weighted by Gasteiger charge is 2.46. The van der Waals surface area contributed by atoms with Crippen molar-refractivity contribution < 1.29 is 0 Å². The number of hydrogen-bond acceptors (Lipinski definition) is 1. The summed E-state index contributed by atoms with van der Waals surface area (Å²) in [4.78, 5) is 2.45. The lowest BCUT2D eigenvalue weighted by Gasteiger charge is -2.46. The molecule has 0 N–H and O–H groups in total. The van der Waals surface area contributed by atoms with Crippen LogP contribution in [-0.2, 0) is 10.8 Å². The second kappa shape index (κ2) is 11.4. The first-order valence-corrected chi connectivity index (χ1v) is 18.9. The predicted molar refractivity (Wildman–Crippen MR) is 225 cm³/mol. The highest BCUT2D eigenvalue weighted by Crippen LogP contribution is 2.57. The SMILES string of the molecule is CC1(C)c2ccccc2-n2c3ccc(-c4ccc(N5c6ccccc6C(c6ccccc6)(c6ccccc6)c6ccccc65)cc4)cc3c3cccc1c32. The van der Waals surface area contributed by atoms with Crippen LogP contribution < -0.4 is 4.90 Å². The van der Waals surface area contributed by atoms with Gasteiger partial charge in [-0.05, 0) is 87.0 Å². The van der Waals surface area contributed by atoms with Crippen molar-refractivity contribution in [3.8, 4) is 16.8 Å². The number of nitrogens with zero attached hydrogens (tertiary/aromatic N) is 2. The van der Waals surface area contributed by atoms with E-state index >= 15 is 0 Å². The van der Waals surface area contributed by atoms with Crippen molar-refractivity contribution in [3.63, 3.8) is 0 Å². The summed E-state index contributed by atoms with van der Waals surface area (Å²) in [6, 6.07) is 71.8. The first kappa shape index (κ1) is 30.9. The van der Waals surface area contributed by atoms with Gasteiger partial charge in [0, 0.05) is 21.9 Å². The zero-order valence-electron chi connectivity index (χ0n) is 30.4. The summed E-state index contributed by atoms with van der Waals surface area (Å²) >= 11 is 0. The maximum Gasteiger partial charge on any atom is 0.0742 e. The van der Waals surface area contributed by atoms with Gasteiger partial charge in [-0.2, -0.15) is 0 Å². The normalized spacial score (nSPS) is 14.7. The Morgan fingerprint density at radius 2 is 0.907 bits per heavy atom. The highest BCUT2D eigenvalue weighted by atomic mass is 15.2. The molecular formula is C52H38N2. The number of anilines is 3. The zero-order chi connectivity index (χ0) is 36.0. The molecule has 2 heteroatoms. The highest BCUT2D eigenvalue weighted by molar-refractivity contribution is 6.12. The van der Waals surface area contributed by atoms with Crippen molar-refractivity contribution in [1.29, 1.82) is 0 Å². The molecule has 1 aromatic heterocycles. The predicted octanol–water partition coefficient (Wildman–Crippen LogP) is 13.3. The van der Waals surface area contributed by atoms with E-state index < -0.39 is 5.41 Å². The minimum absolute atomic E-state index is 0.0767. The molecule has 2 aliphatic rings. The fraction of sp³-hybridized carbons (Fsp3) is 0.0769. The number of hydrogen-bond donors (Lipinski definition) is 0. The lowest BCUT2D eigenvalue weighted by Crippen LogP contribution is -2.37. The van der Waals surface area contributed by atoms with Crippen molar-refractivity contribution in [3.05, 3.63) is 228 Å². The third-order valence-corrected chi connectivity index (χ3v) is 12.2. The summed E-state index contributed by atoms with van der Waals surface area (Å²) in [5.74, 6) is 0. The molecule has 0 saturated carbocycles. The standard InChI is InChI=1S/C52H38N2/c1-51(2)42-21-9-12-25-47(42)54-46-33-30-36(34-41(46)40-20-15-24-45(51)50(40)54)35-28-31-39(32-29-35)53-48-26-13-10-22-43(48)52(37-16-5-3-6-17-37,38-18-7-4-8-19-38)44-23-11-14-27-49(44)53/h3-34H,1-2H3. The largest absolute Gasteiger partial charge is 0.310 e. The summed E-state index contributed by atoms with van der Waals surface area (Å²) in [6.07, 6.45) is 0. The molecule has 2 nitrogen and oxygen atoms in total. The molecule has 11 rings (SSSR count). The Bertz CT molecular complexity index is 2810. The molecule has 0 unspecified atom stereocenters.